The maximum Gasteiger partial charge on any atom is 0.247 e. The highest BCUT2D eigenvalue weighted by Gasteiger charge is 2.47. The Kier molecular flexibility index (Phi) is 3.24. The summed E-state index contributed by atoms with van der Waals surface area (Å²) in [6.45, 7) is 2.00. The van der Waals surface area contributed by atoms with E-state index in [1.54, 1.807) is 4.90 Å². The van der Waals surface area contributed by atoms with Crippen LogP contribution in [-0.4, -0.2) is 11.9 Å². The minimum Gasteiger partial charge on any atom is -0.318 e. The molecule has 4 heteroatoms. The summed E-state index contributed by atoms with van der Waals surface area (Å²) >= 11 is 6.24. The van der Waals surface area contributed by atoms with Crippen molar-refractivity contribution in [1.82, 2.24) is 0 Å². The quantitative estimate of drug-likeness (QED) is 0.863. The summed E-state index contributed by atoms with van der Waals surface area (Å²) in [7, 11) is 0. The predicted octanol–water partition coefficient (Wildman–Crippen LogP) is 3.06. The van der Waals surface area contributed by atoms with Crippen LogP contribution in [0.15, 0.2) is 48.5 Å². The molecule has 1 aliphatic rings. The fourth-order valence-corrected chi connectivity index (χ4v) is 2.87. The molecule has 3 nitrogen and oxygen atoms in total. The number of halogens is 1. The molecule has 0 saturated carbocycles. The summed E-state index contributed by atoms with van der Waals surface area (Å²) in [5.74, 6) is -0.0690. The Labute approximate surface area is 123 Å². The number of benzene rings is 2. The Bertz CT molecular complexity index is 671. The Morgan fingerprint density at radius 1 is 1.15 bits per heavy atom. The van der Waals surface area contributed by atoms with E-state index in [4.69, 9.17) is 17.3 Å². The number of hydrogen-bond acceptors (Lipinski definition) is 2. The molecular weight excluding hydrogens is 272 g/mol. The fraction of sp³-hybridized carbons (Fsp3) is 0.188. The molecule has 2 N–H and O–H groups in total. The lowest BCUT2D eigenvalue weighted by Crippen LogP contribution is -2.63. The molecule has 0 radical (unpaired) electrons. The molecule has 1 heterocycles. The molecule has 3 rings (SSSR count). The minimum absolute atomic E-state index is 0.0690. The molecule has 0 aliphatic carbocycles. The first-order valence-electron chi connectivity index (χ1n) is 6.49. The summed E-state index contributed by atoms with van der Waals surface area (Å²) < 4.78 is 0. The zero-order valence-corrected chi connectivity index (χ0v) is 11.8. The van der Waals surface area contributed by atoms with Gasteiger partial charge >= 0.3 is 0 Å². The van der Waals surface area contributed by atoms with Crippen LogP contribution in [0.4, 0.5) is 5.69 Å². The summed E-state index contributed by atoms with van der Waals surface area (Å²) in [5.41, 5.74) is 8.84. The van der Waals surface area contributed by atoms with Crippen molar-refractivity contribution in [2.24, 2.45) is 5.73 Å². The van der Waals surface area contributed by atoms with Crippen LogP contribution >= 0.6 is 11.6 Å². The van der Waals surface area contributed by atoms with Crippen molar-refractivity contribution >= 4 is 23.2 Å². The summed E-state index contributed by atoms with van der Waals surface area (Å²) in [6, 6.07) is 14.6. The van der Waals surface area contributed by atoms with Crippen LogP contribution in [0.2, 0.25) is 5.02 Å². The molecule has 0 bridgehead atoms. The molecule has 0 spiro atoms. The van der Waals surface area contributed by atoms with Gasteiger partial charge in [-0.2, -0.15) is 0 Å². The van der Waals surface area contributed by atoms with E-state index >= 15 is 0 Å². The van der Waals surface area contributed by atoms with Crippen molar-refractivity contribution < 1.29 is 4.79 Å². The largest absolute Gasteiger partial charge is 0.318 e. The van der Waals surface area contributed by atoms with Gasteiger partial charge in [-0.15, -0.1) is 0 Å². The average Bonchev–Trinajstić information content (AvgIpc) is 2.45. The maximum absolute atomic E-state index is 12.1. The maximum atomic E-state index is 12.1. The van der Waals surface area contributed by atoms with E-state index in [2.05, 4.69) is 0 Å². The summed E-state index contributed by atoms with van der Waals surface area (Å²) in [4.78, 5) is 13.8. The lowest BCUT2D eigenvalue weighted by molar-refractivity contribution is -0.126. The van der Waals surface area contributed by atoms with E-state index in [9.17, 15) is 4.79 Å². The standard InChI is InChI=1S/C16H15ClN2O/c1-10-5-4-6-11(9-10)19-15(14(18)16(19)20)12-7-2-3-8-13(12)17/h2-9,14-15H,18H2,1H3. The minimum atomic E-state index is -0.532. The summed E-state index contributed by atoms with van der Waals surface area (Å²) in [5, 5.41) is 0.637. The second-order valence-corrected chi connectivity index (χ2v) is 5.45. The van der Waals surface area contributed by atoms with E-state index in [1.165, 1.54) is 0 Å². The number of rotatable bonds is 2. The number of nitrogens with two attached hydrogens (primary N) is 1. The average molecular weight is 287 g/mol. The molecule has 2 atom stereocenters. The van der Waals surface area contributed by atoms with E-state index in [-0.39, 0.29) is 11.9 Å². The molecule has 2 aromatic rings. The first-order chi connectivity index (χ1) is 9.59. The smallest absolute Gasteiger partial charge is 0.247 e. The third-order valence-electron chi connectivity index (χ3n) is 3.64. The van der Waals surface area contributed by atoms with Gasteiger partial charge < -0.3 is 10.6 Å². The van der Waals surface area contributed by atoms with E-state index in [0.717, 1.165) is 16.8 Å². The number of amides is 1. The monoisotopic (exact) mass is 286 g/mol. The van der Waals surface area contributed by atoms with Gasteiger partial charge in [-0.25, -0.2) is 0 Å². The van der Waals surface area contributed by atoms with Crippen LogP contribution < -0.4 is 10.6 Å². The molecule has 1 amide bonds. The van der Waals surface area contributed by atoms with Gasteiger partial charge in [-0.05, 0) is 36.2 Å². The van der Waals surface area contributed by atoms with Gasteiger partial charge in [-0.3, -0.25) is 4.79 Å². The van der Waals surface area contributed by atoms with Crippen molar-refractivity contribution in [2.45, 2.75) is 19.0 Å². The Hall–Kier alpha value is -1.84. The highest BCUT2D eigenvalue weighted by Crippen LogP contribution is 2.40. The molecule has 0 aromatic heterocycles. The molecule has 2 unspecified atom stereocenters. The van der Waals surface area contributed by atoms with Crippen LogP contribution in [0.25, 0.3) is 0 Å². The van der Waals surface area contributed by atoms with Crippen LogP contribution in [-0.2, 0) is 4.79 Å². The number of nitrogens with zero attached hydrogens (tertiary/aromatic N) is 1. The van der Waals surface area contributed by atoms with Crippen LogP contribution in [0.1, 0.15) is 17.2 Å². The molecule has 20 heavy (non-hydrogen) atoms. The fourth-order valence-electron chi connectivity index (χ4n) is 2.62. The second-order valence-electron chi connectivity index (χ2n) is 5.04. The van der Waals surface area contributed by atoms with Crippen LogP contribution in [0, 0.1) is 6.92 Å². The molecular formula is C16H15ClN2O. The van der Waals surface area contributed by atoms with Gasteiger partial charge in [0.2, 0.25) is 5.91 Å². The van der Waals surface area contributed by atoms with Gasteiger partial charge in [0.1, 0.15) is 6.04 Å². The molecule has 1 saturated heterocycles. The number of carbonyl (C=O) groups excluding carboxylic acids is 1. The third-order valence-corrected chi connectivity index (χ3v) is 3.99. The van der Waals surface area contributed by atoms with Gasteiger partial charge in [-0.1, -0.05) is 41.9 Å². The van der Waals surface area contributed by atoms with E-state index in [0.29, 0.717) is 5.02 Å². The highest BCUT2D eigenvalue weighted by molar-refractivity contribution is 6.31. The van der Waals surface area contributed by atoms with Crippen LogP contribution in [0.5, 0.6) is 0 Å². The van der Waals surface area contributed by atoms with Crippen molar-refractivity contribution in [3.63, 3.8) is 0 Å². The zero-order chi connectivity index (χ0) is 14.3. The SMILES string of the molecule is Cc1cccc(N2C(=O)C(N)C2c2ccccc2Cl)c1. The number of β-lactam (4-membered cyclic amide) rings is 1. The normalized spacial score (nSPS) is 21.8. The van der Waals surface area contributed by atoms with E-state index < -0.39 is 6.04 Å². The number of anilines is 1. The molecule has 1 aliphatic heterocycles. The van der Waals surface area contributed by atoms with Gasteiger partial charge in [0, 0.05) is 10.7 Å². The van der Waals surface area contributed by atoms with E-state index in [1.807, 2.05) is 55.5 Å². The van der Waals surface area contributed by atoms with Crippen molar-refractivity contribution in [1.29, 1.82) is 0 Å². The Morgan fingerprint density at radius 3 is 2.60 bits per heavy atom. The van der Waals surface area contributed by atoms with Crippen molar-refractivity contribution in [3.8, 4) is 0 Å². The molecule has 2 aromatic carbocycles. The zero-order valence-electron chi connectivity index (χ0n) is 11.1. The number of aryl methyl sites for hydroxylation is 1. The van der Waals surface area contributed by atoms with Crippen molar-refractivity contribution in [2.75, 3.05) is 4.90 Å². The Balaban J connectivity index is 2.02. The summed E-state index contributed by atoms with van der Waals surface area (Å²) in [6.07, 6.45) is 0. The molecule has 1 fully saturated rings. The third kappa shape index (κ3) is 1.99. The lowest BCUT2D eigenvalue weighted by atomic mass is 9.88. The van der Waals surface area contributed by atoms with Gasteiger partial charge in [0.15, 0.2) is 0 Å². The number of carbonyl (C=O) groups is 1. The Morgan fingerprint density at radius 2 is 1.90 bits per heavy atom. The first kappa shape index (κ1) is 13.2. The van der Waals surface area contributed by atoms with Gasteiger partial charge in [0.05, 0.1) is 6.04 Å². The number of hydrogen-bond donors (Lipinski definition) is 1. The van der Waals surface area contributed by atoms with Crippen LogP contribution in [0.3, 0.4) is 0 Å². The topological polar surface area (TPSA) is 46.3 Å². The first-order valence-corrected chi connectivity index (χ1v) is 6.87. The highest BCUT2D eigenvalue weighted by atomic mass is 35.5. The molecule has 102 valence electrons. The lowest BCUT2D eigenvalue weighted by Gasteiger charge is -2.46. The van der Waals surface area contributed by atoms with Gasteiger partial charge in [0.25, 0.3) is 0 Å². The second kappa shape index (κ2) is 4.93. The van der Waals surface area contributed by atoms with Crippen molar-refractivity contribution in [3.05, 3.63) is 64.7 Å². The predicted molar refractivity (Wildman–Crippen MR) is 80.8 cm³/mol.